The van der Waals surface area contributed by atoms with E-state index in [1.807, 2.05) is 11.4 Å². The molecule has 0 bridgehead atoms. The molecule has 1 aromatic carbocycles. The van der Waals surface area contributed by atoms with E-state index in [0.717, 1.165) is 11.8 Å². The van der Waals surface area contributed by atoms with Crippen LogP contribution in [0.5, 0.6) is 11.5 Å². The predicted octanol–water partition coefficient (Wildman–Crippen LogP) is 2.19. The number of hydrogen-bond donors (Lipinski definition) is 1. The molecule has 1 amide bonds. The summed E-state index contributed by atoms with van der Waals surface area (Å²) in [4.78, 5) is 17.0. The number of rotatable bonds is 6. The Morgan fingerprint density at radius 1 is 1.33 bits per heavy atom. The van der Waals surface area contributed by atoms with Gasteiger partial charge in [0, 0.05) is 23.6 Å². The average molecular weight is 412 g/mol. The van der Waals surface area contributed by atoms with Gasteiger partial charge in [-0.15, -0.1) is 11.3 Å². The second-order valence-corrected chi connectivity index (χ2v) is 8.92. The third kappa shape index (κ3) is 4.23. The van der Waals surface area contributed by atoms with Crippen LogP contribution < -0.4 is 14.8 Å². The molecule has 0 aliphatic carbocycles. The van der Waals surface area contributed by atoms with Crippen LogP contribution in [0.2, 0.25) is 0 Å². The van der Waals surface area contributed by atoms with E-state index in [0.29, 0.717) is 41.7 Å². The summed E-state index contributed by atoms with van der Waals surface area (Å²) in [6.07, 6.45) is 2.29. The van der Waals surface area contributed by atoms with Crippen LogP contribution in [-0.4, -0.2) is 56.7 Å². The number of carbonyl (C=O) groups excluding carboxylic acids is 1. The van der Waals surface area contributed by atoms with Gasteiger partial charge in [0.05, 0.1) is 26.2 Å². The molecule has 10 heteroatoms. The number of hydrogen-bond acceptors (Lipinski definition) is 7. The van der Waals surface area contributed by atoms with E-state index in [1.54, 1.807) is 26.4 Å². The van der Waals surface area contributed by atoms with Gasteiger partial charge in [0.25, 0.3) is 0 Å². The van der Waals surface area contributed by atoms with Crippen LogP contribution >= 0.6 is 11.3 Å². The smallest absolute Gasteiger partial charge is 0.244 e. The minimum Gasteiger partial charge on any atom is -0.497 e. The second-order valence-electron chi connectivity index (χ2n) is 6.13. The molecule has 1 aliphatic rings. The quantitative estimate of drug-likeness (QED) is 0.783. The summed E-state index contributed by atoms with van der Waals surface area (Å²) in [5, 5.41) is 4.95. The first-order valence-corrected chi connectivity index (χ1v) is 11.0. The zero-order valence-corrected chi connectivity index (χ0v) is 16.9. The lowest BCUT2D eigenvalue weighted by Crippen LogP contribution is -2.42. The van der Waals surface area contributed by atoms with Crippen molar-refractivity contribution in [1.29, 1.82) is 0 Å². The second kappa shape index (κ2) is 7.83. The number of benzene rings is 1. The van der Waals surface area contributed by atoms with E-state index >= 15 is 0 Å². The molecular weight excluding hydrogens is 390 g/mol. The molecule has 1 unspecified atom stereocenters. The molecule has 2 aromatic rings. The van der Waals surface area contributed by atoms with Gasteiger partial charge in [-0.25, -0.2) is 13.4 Å². The maximum absolute atomic E-state index is 12.5. The van der Waals surface area contributed by atoms with Gasteiger partial charge >= 0.3 is 0 Å². The number of nitrogens with one attached hydrogen (secondary N) is 1. The Bertz CT molecular complexity index is 942. The van der Waals surface area contributed by atoms with Gasteiger partial charge < -0.3 is 14.8 Å². The lowest BCUT2D eigenvalue weighted by Gasteiger charge is -2.20. The fraction of sp³-hybridized carbons (Fsp3) is 0.412. The van der Waals surface area contributed by atoms with Crippen LogP contribution in [-0.2, 0) is 14.8 Å². The Morgan fingerprint density at radius 2 is 2.11 bits per heavy atom. The van der Waals surface area contributed by atoms with Crippen molar-refractivity contribution < 1.29 is 22.7 Å². The number of thiazole rings is 1. The number of nitrogens with zero attached hydrogens (tertiary/aromatic N) is 2. The van der Waals surface area contributed by atoms with E-state index < -0.39 is 16.1 Å². The molecule has 1 aliphatic heterocycles. The lowest BCUT2D eigenvalue weighted by molar-refractivity contribution is -0.119. The third-order valence-electron chi connectivity index (χ3n) is 4.35. The van der Waals surface area contributed by atoms with Crippen LogP contribution in [0.4, 0.5) is 5.13 Å². The van der Waals surface area contributed by atoms with E-state index in [2.05, 4.69) is 10.3 Å². The topological polar surface area (TPSA) is 97.8 Å². The number of carbonyl (C=O) groups is 1. The number of amides is 1. The number of anilines is 1. The van der Waals surface area contributed by atoms with Crippen molar-refractivity contribution in [2.24, 2.45) is 0 Å². The van der Waals surface area contributed by atoms with Gasteiger partial charge in [-0.05, 0) is 25.0 Å². The third-order valence-corrected chi connectivity index (χ3v) is 6.40. The standard InChI is InChI=1S/C17H21N3O5S2/c1-24-11-6-7-12(15(9-11)25-2)13-10-26-17(18-13)19-16(21)14-5-4-8-20(14)27(3,22)23/h6-7,9-10,14H,4-5,8H2,1-3H3,(H,18,19,21). The highest BCUT2D eigenvalue weighted by Gasteiger charge is 2.36. The van der Waals surface area contributed by atoms with Crippen molar-refractivity contribution in [1.82, 2.24) is 9.29 Å². The van der Waals surface area contributed by atoms with Crippen LogP contribution in [0.3, 0.4) is 0 Å². The Morgan fingerprint density at radius 3 is 2.78 bits per heavy atom. The monoisotopic (exact) mass is 411 g/mol. The number of methoxy groups -OCH3 is 2. The van der Waals surface area contributed by atoms with Crippen LogP contribution in [0.15, 0.2) is 23.6 Å². The fourth-order valence-corrected chi connectivity index (χ4v) is 4.89. The zero-order valence-electron chi connectivity index (χ0n) is 15.3. The van der Waals surface area contributed by atoms with Crippen molar-refractivity contribution >= 4 is 32.4 Å². The summed E-state index contributed by atoms with van der Waals surface area (Å²) < 4.78 is 35.5. The van der Waals surface area contributed by atoms with E-state index in [1.165, 1.54) is 15.6 Å². The lowest BCUT2D eigenvalue weighted by atomic mass is 10.1. The molecule has 1 atom stereocenters. The van der Waals surface area contributed by atoms with Crippen LogP contribution in [0.25, 0.3) is 11.3 Å². The summed E-state index contributed by atoms with van der Waals surface area (Å²) in [6, 6.07) is 4.71. The fourth-order valence-electron chi connectivity index (χ4n) is 3.05. The van der Waals surface area contributed by atoms with Crippen molar-refractivity contribution in [3.63, 3.8) is 0 Å². The summed E-state index contributed by atoms with van der Waals surface area (Å²) in [5.74, 6) is 0.915. The molecule has 1 saturated heterocycles. The summed E-state index contributed by atoms with van der Waals surface area (Å²) in [5.41, 5.74) is 1.43. The molecule has 1 fully saturated rings. The predicted molar refractivity (Wildman–Crippen MR) is 104 cm³/mol. The first kappa shape index (κ1) is 19.6. The van der Waals surface area contributed by atoms with Gasteiger partial charge in [-0.2, -0.15) is 4.31 Å². The molecule has 0 spiro atoms. The zero-order chi connectivity index (χ0) is 19.6. The van der Waals surface area contributed by atoms with Crippen LogP contribution in [0, 0.1) is 0 Å². The average Bonchev–Trinajstić information content (AvgIpc) is 3.30. The van der Waals surface area contributed by atoms with Crippen LogP contribution in [0.1, 0.15) is 12.8 Å². The largest absolute Gasteiger partial charge is 0.497 e. The molecule has 2 heterocycles. The molecule has 3 rings (SSSR count). The Labute approximate surface area is 162 Å². The normalized spacial score (nSPS) is 17.7. The first-order valence-electron chi connectivity index (χ1n) is 8.29. The minimum absolute atomic E-state index is 0.361. The van der Waals surface area contributed by atoms with Gasteiger partial charge in [0.15, 0.2) is 5.13 Å². The molecule has 0 saturated carbocycles. The van der Waals surface area contributed by atoms with Gasteiger partial charge in [0.1, 0.15) is 17.5 Å². The molecule has 1 aromatic heterocycles. The first-order chi connectivity index (χ1) is 12.8. The highest BCUT2D eigenvalue weighted by molar-refractivity contribution is 7.88. The molecular formula is C17H21N3O5S2. The van der Waals surface area contributed by atoms with E-state index in [9.17, 15) is 13.2 Å². The van der Waals surface area contributed by atoms with Gasteiger partial charge in [0.2, 0.25) is 15.9 Å². The molecule has 1 N–H and O–H groups in total. The molecule has 8 nitrogen and oxygen atoms in total. The Hall–Kier alpha value is -2.17. The number of ether oxygens (including phenoxy) is 2. The van der Waals surface area contributed by atoms with E-state index in [4.69, 9.17) is 9.47 Å². The maximum Gasteiger partial charge on any atom is 0.244 e. The van der Waals surface area contributed by atoms with E-state index in [-0.39, 0.29) is 5.91 Å². The van der Waals surface area contributed by atoms with Crippen molar-refractivity contribution in [2.75, 3.05) is 32.3 Å². The van der Waals surface area contributed by atoms with Gasteiger partial charge in [-0.1, -0.05) is 0 Å². The minimum atomic E-state index is -3.42. The molecule has 27 heavy (non-hydrogen) atoms. The Kier molecular flexibility index (Phi) is 5.68. The summed E-state index contributed by atoms with van der Waals surface area (Å²) in [6.45, 7) is 0.364. The Balaban J connectivity index is 1.78. The molecule has 146 valence electrons. The SMILES string of the molecule is COc1ccc(-c2csc(NC(=O)C3CCCN3S(C)(=O)=O)n2)c(OC)c1. The highest BCUT2D eigenvalue weighted by atomic mass is 32.2. The summed E-state index contributed by atoms with van der Waals surface area (Å²) >= 11 is 1.27. The summed E-state index contributed by atoms with van der Waals surface area (Å²) in [7, 11) is -0.276. The van der Waals surface area contributed by atoms with Crippen molar-refractivity contribution in [3.8, 4) is 22.8 Å². The number of aromatic nitrogens is 1. The highest BCUT2D eigenvalue weighted by Crippen LogP contribution is 2.35. The molecule has 0 radical (unpaired) electrons. The number of sulfonamides is 1. The van der Waals surface area contributed by atoms with Crippen molar-refractivity contribution in [3.05, 3.63) is 23.6 Å². The maximum atomic E-state index is 12.5. The van der Waals surface area contributed by atoms with Gasteiger partial charge in [-0.3, -0.25) is 4.79 Å². The van der Waals surface area contributed by atoms with Crippen molar-refractivity contribution in [2.45, 2.75) is 18.9 Å².